The third kappa shape index (κ3) is 3.50. The van der Waals surface area contributed by atoms with Crippen LogP contribution < -0.4 is 5.73 Å². The van der Waals surface area contributed by atoms with Crippen LogP contribution in [0.3, 0.4) is 0 Å². The average molecular weight is 297 g/mol. The molecule has 1 aromatic rings. The first-order chi connectivity index (χ1) is 9.54. The summed E-state index contributed by atoms with van der Waals surface area (Å²) in [6.07, 6.45) is 3.04. The van der Waals surface area contributed by atoms with Crippen LogP contribution in [0.4, 0.5) is 5.69 Å². The normalized spacial score (nSPS) is 17.5. The maximum atomic E-state index is 12.6. The molecule has 112 valence electrons. The van der Waals surface area contributed by atoms with Gasteiger partial charge in [0.05, 0.1) is 0 Å². The number of nitrogens with zero attached hydrogens (tertiary/aromatic N) is 2. The molecular formula is C14H23N3O2S. The molecule has 1 heterocycles. The summed E-state index contributed by atoms with van der Waals surface area (Å²) in [5.41, 5.74) is 7.30. The van der Waals surface area contributed by atoms with Crippen LogP contribution in [0.25, 0.3) is 0 Å². The van der Waals surface area contributed by atoms with Gasteiger partial charge in [-0.3, -0.25) is 0 Å². The highest BCUT2D eigenvalue weighted by molar-refractivity contribution is 7.86. The molecule has 1 aliphatic rings. The Balaban J connectivity index is 2.12. The van der Waals surface area contributed by atoms with Gasteiger partial charge in [0.2, 0.25) is 0 Å². The van der Waals surface area contributed by atoms with Crippen LogP contribution in [-0.2, 0) is 16.8 Å². The van der Waals surface area contributed by atoms with Gasteiger partial charge in [-0.2, -0.15) is 17.0 Å². The lowest BCUT2D eigenvalue weighted by molar-refractivity contribution is 0.303. The molecule has 0 atom stereocenters. The highest BCUT2D eigenvalue weighted by Gasteiger charge is 2.29. The number of nitrogen functional groups attached to an aromatic ring is 1. The largest absolute Gasteiger partial charge is 0.399 e. The number of nitrogens with two attached hydrogens (primary N) is 1. The molecule has 0 amide bonds. The number of benzene rings is 1. The fraction of sp³-hybridized carbons (Fsp3) is 0.571. The predicted octanol–water partition coefficient (Wildman–Crippen LogP) is 1.82. The summed E-state index contributed by atoms with van der Waals surface area (Å²) >= 11 is 0. The van der Waals surface area contributed by atoms with Crippen LogP contribution in [0.5, 0.6) is 0 Å². The second kappa shape index (κ2) is 6.56. The van der Waals surface area contributed by atoms with E-state index in [9.17, 15) is 8.42 Å². The molecule has 0 bridgehead atoms. The van der Waals surface area contributed by atoms with Crippen LogP contribution in [0.15, 0.2) is 24.3 Å². The Hall–Kier alpha value is -1.11. The highest BCUT2D eigenvalue weighted by Crippen LogP contribution is 2.18. The SMILES string of the molecule is CCN(Cc1ccc(N)cc1)S(=O)(=O)N1CCCCC1. The van der Waals surface area contributed by atoms with Crippen molar-refractivity contribution in [2.24, 2.45) is 0 Å². The molecule has 1 fully saturated rings. The maximum Gasteiger partial charge on any atom is 0.282 e. The highest BCUT2D eigenvalue weighted by atomic mass is 32.2. The molecule has 0 radical (unpaired) electrons. The Morgan fingerprint density at radius 2 is 1.75 bits per heavy atom. The zero-order chi connectivity index (χ0) is 14.6. The van der Waals surface area contributed by atoms with Crippen LogP contribution in [0.2, 0.25) is 0 Å². The van der Waals surface area contributed by atoms with Gasteiger partial charge in [-0.1, -0.05) is 25.5 Å². The Morgan fingerprint density at radius 1 is 1.15 bits per heavy atom. The van der Waals surface area contributed by atoms with E-state index < -0.39 is 10.2 Å². The molecule has 1 aliphatic heterocycles. The van der Waals surface area contributed by atoms with Gasteiger partial charge in [0.1, 0.15) is 0 Å². The van der Waals surface area contributed by atoms with E-state index >= 15 is 0 Å². The molecule has 0 spiro atoms. The molecule has 2 rings (SSSR count). The number of rotatable bonds is 5. The summed E-state index contributed by atoms with van der Waals surface area (Å²) in [6.45, 7) is 4.03. The number of anilines is 1. The lowest BCUT2D eigenvalue weighted by Crippen LogP contribution is -2.45. The molecule has 6 heteroatoms. The van der Waals surface area contributed by atoms with E-state index in [0.29, 0.717) is 31.9 Å². The Morgan fingerprint density at radius 3 is 2.30 bits per heavy atom. The van der Waals surface area contributed by atoms with Gasteiger partial charge < -0.3 is 5.73 Å². The Kier molecular flexibility index (Phi) is 5.01. The van der Waals surface area contributed by atoms with Crippen molar-refractivity contribution >= 4 is 15.9 Å². The van der Waals surface area contributed by atoms with Crippen molar-refractivity contribution in [3.63, 3.8) is 0 Å². The lowest BCUT2D eigenvalue weighted by Gasteiger charge is -2.31. The fourth-order valence-electron chi connectivity index (χ4n) is 2.44. The third-order valence-corrected chi connectivity index (χ3v) is 5.72. The zero-order valence-corrected chi connectivity index (χ0v) is 12.8. The minimum absolute atomic E-state index is 0.398. The van der Waals surface area contributed by atoms with E-state index in [2.05, 4.69) is 0 Å². The third-order valence-electron chi connectivity index (χ3n) is 3.66. The van der Waals surface area contributed by atoms with Gasteiger partial charge in [0, 0.05) is 31.9 Å². The number of hydrogen-bond acceptors (Lipinski definition) is 3. The summed E-state index contributed by atoms with van der Waals surface area (Å²) in [5.74, 6) is 0. The molecule has 0 aromatic heterocycles. The van der Waals surface area contributed by atoms with E-state index in [-0.39, 0.29) is 0 Å². The average Bonchev–Trinajstić information content (AvgIpc) is 2.47. The molecule has 0 saturated carbocycles. The minimum atomic E-state index is -3.35. The maximum absolute atomic E-state index is 12.6. The van der Waals surface area contributed by atoms with Crippen molar-refractivity contribution in [1.82, 2.24) is 8.61 Å². The Bertz CT molecular complexity index is 522. The van der Waals surface area contributed by atoms with Crippen molar-refractivity contribution < 1.29 is 8.42 Å². The summed E-state index contributed by atoms with van der Waals surface area (Å²) in [4.78, 5) is 0. The van der Waals surface area contributed by atoms with Crippen molar-refractivity contribution in [1.29, 1.82) is 0 Å². The molecule has 2 N–H and O–H groups in total. The summed E-state index contributed by atoms with van der Waals surface area (Å²) in [5, 5.41) is 0. The zero-order valence-electron chi connectivity index (χ0n) is 12.0. The van der Waals surface area contributed by atoms with Crippen LogP contribution in [-0.4, -0.2) is 36.7 Å². The standard InChI is InChI=1S/C14H23N3O2S/c1-2-16(12-13-6-8-14(15)9-7-13)20(18,19)17-10-4-3-5-11-17/h6-9H,2-5,10-12,15H2,1H3. The van der Waals surface area contributed by atoms with Gasteiger partial charge in [-0.25, -0.2) is 0 Å². The second-order valence-electron chi connectivity index (χ2n) is 5.14. The quantitative estimate of drug-likeness (QED) is 0.843. The second-order valence-corrected chi connectivity index (χ2v) is 7.06. The number of piperidine rings is 1. The monoisotopic (exact) mass is 297 g/mol. The molecule has 1 aromatic carbocycles. The van der Waals surface area contributed by atoms with Gasteiger partial charge in [0.25, 0.3) is 10.2 Å². The first kappa shape index (κ1) is 15.3. The minimum Gasteiger partial charge on any atom is -0.399 e. The van der Waals surface area contributed by atoms with Crippen molar-refractivity contribution in [2.45, 2.75) is 32.7 Å². The summed E-state index contributed by atoms with van der Waals surface area (Å²) < 4.78 is 28.4. The molecule has 1 saturated heterocycles. The van der Waals surface area contributed by atoms with Crippen LogP contribution in [0, 0.1) is 0 Å². The van der Waals surface area contributed by atoms with Crippen LogP contribution in [0.1, 0.15) is 31.7 Å². The van der Waals surface area contributed by atoms with Gasteiger partial charge in [-0.05, 0) is 30.5 Å². The molecular weight excluding hydrogens is 274 g/mol. The van der Waals surface area contributed by atoms with E-state index in [4.69, 9.17) is 5.73 Å². The first-order valence-electron chi connectivity index (χ1n) is 7.13. The van der Waals surface area contributed by atoms with E-state index in [1.807, 2.05) is 19.1 Å². The summed E-state index contributed by atoms with van der Waals surface area (Å²) in [6, 6.07) is 7.36. The topological polar surface area (TPSA) is 66.6 Å². The van der Waals surface area contributed by atoms with Gasteiger partial charge in [-0.15, -0.1) is 0 Å². The first-order valence-corrected chi connectivity index (χ1v) is 8.53. The van der Waals surface area contributed by atoms with Gasteiger partial charge in [0.15, 0.2) is 0 Å². The van der Waals surface area contributed by atoms with Crippen LogP contribution >= 0.6 is 0 Å². The number of hydrogen-bond donors (Lipinski definition) is 1. The van der Waals surface area contributed by atoms with Crippen molar-refractivity contribution in [3.05, 3.63) is 29.8 Å². The van der Waals surface area contributed by atoms with Gasteiger partial charge >= 0.3 is 0 Å². The van der Waals surface area contributed by atoms with Crippen molar-refractivity contribution in [2.75, 3.05) is 25.4 Å². The van der Waals surface area contributed by atoms with E-state index in [1.54, 1.807) is 16.4 Å². The molecule has 20 heavy (non-hydrogen) atoms. The van der Waals surface area contributed by atoms with Crippen molar-refractivity contribution in [3.8, 4) is 0 Å². The molecule has 0 unspecified atom stereocenters. The lowest BCUT2D eigenvalue weighted by atomic mass is 10.2. The predicted molar refractivity (Wildman–Crippen MR) is 81.3 cm³/mol. The summed E-state index contributed by atoms with van der Waals surface area (Å²) in [7, 11) is -3.35. The Labute approximate surface area is 121 Å². The fourth-order valence-corrected chi connectivity index (χ4v) is 4.13. The molecule has 5 nitrogen and oxygen atoms in total. The van der Waals surface area contributed by atoms with E-state index in [0.717, 1.165) is 24.8 Å². The van der Waals surface area contributed by atoms with E-state index in [1.165, 1.54) is 4.31 Å². The molecule has 0 aliphatic carbocycles. The smallest absolute Gasteiger partial charge is 0.282 e.